The minimum atomic E-state index is -0.160. The van der Waals surface area contributed by atoms with Crippen LogP contribution in [0.1, 0.15) is 5.56 Å². The highest BCUT2D eigenvalue weighted by molar-refractivity contribution is 6.38. The molecule has 3 aromatic rings. The van der Waals surface area contributed by atoms with E-state index in [0.717, 1.165) is 5.56 Å². The number of hydrogen-bond acceptors (Lipinski definition) is 2. The Hall–Kier alpha value is -2.10. The van der Waals surface area contributed by atoms with Gasteiger partial charge in [0.15, 0.2) is 0 Å². The summed E-state index contributed by atoms with van der Waals surface area (Å²) in [6, 6.07) is 13.1. The number of benzene rings is 2. The van der Waals surface area contributed by atoms with Crippen LogP contribution in [-0.4, -0.2) is 9.55 Å². The molecule has 0 unspecified atom stereocenters. The van der Waals surface area contributed by atoms with Gasteiger partial charge in [0.2, 0.25) is 0 Å². The number of nitrogens with zero attached hydrogens (tertiary/aromatic N) is 2. The Morgan fingerprint density at radius 1 is 1.14 bits per heavy atom. The number of hydrogen-bond donors (Lipinski definition) is 0. The lowest BCUT2D eigenvalue weighted by Gasteiger charge is -2.05. The highest BCUT2D eigenvalue weighted by atomic mass is 35.5. The largest absolute Gasteiger partial charge is 0.295 e. The van der Waals surface area contributed by atoms with Crippen molar-refractivity contribution in [2.45, 2.75) is 6.54 Å². The fourth-order valence-corrected chi connectivity index (χ4v) is 2.73. The summed E-state index contributed by atoms with van der Waals surface area (Å²) < 4.78 is 1.52. The van der Waals surface area contributed by atoms with E-state index >= 15 is 0 Å². The summed E-state index contributed by atoms with van der Waals surface area (Å²) in [6.45, 7) is 0.431. The van der Waals surface area contributed by atoms with Crippen LogP contribution in [0.25, 0.3) is 17.0 Å². The summed E-state index contributed by atoms with van der Waals surface area (Å²) in [5.74, 6) is 0. The van der Waals surface area contributed by atoms with Gasteiger partial charge in [-0.15, -0.1) is 0 Å². The van der Waals surface area contributed by atoms with Gasteiger partial charge < -0.3 is 0 Å². The molecule has 0 bridgehead atoms. The average molecular weight is 331 g/mol. The fraction of sp³-hybridized carbons (Fsp3) is 0.0588. The second kappa shape index (κ2) is 6.34. The average Bonchev–Trinajstić information content (AvgIpc) is 2.51. The first kappa shape index (κ1) is 14.8. The topological polar surface area (TPSA) is 34.9 Å². The van der Waals surface area contributed by atoms with Crippen LogP contribution in [0.4, 0.5) is 0 Å². The molecule has 0 saturated heterocycles. The smallest absolute Gasteiger partial charge is 0.261 e. The highest BCUT2D eigenvalue weighted by Crippen LogP contribution is 2.23. The first-order chi connectivity index (χ1) is 10.6. The lowest BCUT2D eigenvalue weighted by atomic mass is 10.2. The van der Waals surface area contributed by atoms with Crippen LogP contribution in [0.3, 0.4) is 0 Å². The number of aromatic nitrogens is 2. The molecule has 0 N–H and O–H groups in total. The predicted molar refractivity (Wildman–Crippen MR) is 91.5 cm³/mol. The number of fused-ring (bicyclic) bond motifs is 1. The predicted octanol–water partition coefficient (Wildman–Crippen LogP) is 4.42. The van der Waals surface area contributed by atoms with Gasteiger partial charge in [-0.05, 0) is 17.7 Å². The maximum atomic E-state index is 12.4. The number of rotatable bonds is 3. The van der Waals surface area contributed by atoms with Crippen molar-refractivity contribution in [3.8, 4) is 0 Å². The molecule has 0 radical (unpaired) electrons. The fourth-order valence-electron chi connectivity index (χ4n) is 2.19. The van der Waals surface area contributed by atoms with Crippen LogP contribution in [0, 0.1) is 0 Å². The van der Waals surface area contributed by atoms with Gasteiger partial charge in [0.25, 0.3) is 5.56 Å². The summed E-state index contributed by atoms with van der Waals surface area (Å²) in [4.78, 5) is 16.7. The van der Waals surface area contributed by atoms with Crippen LogP contribution in [0.5, 0.6) is 0 Å². The van der Waals surface area contributed by atoms with E-state index in [1.807, 2.05) is 42.5 Å². The van der Waals surface area contributed by atoms with Gasteiger partial charge in [0.1, 0.15) is 0 Å². The molecule has 0 aliphatic carbocycles. The molecule has 110 valence electrons. The molecule has 0 atom stereocenters. The minimum absolute atomic E-state index is 0.160. The molecule has 1 heterocycles. The van der Waals surface area contributed by atoms with Crippen molar-refractivity contribution < 1.29 is 0 Å². The Kier molecular flexibility index (Phi) is 4.27. The Balaban J connectivity index is 1.94. The summed E-state index contributed by atoms with van der Waals surface area (Å²) in [5.41, 5.74) is 1.39. The third-order valence-corrected chi connectivity index (χ3v) is 3.76. The normalized spacial score (nSPS) is 11.4. The second-order valence-corrected chi connectivity index (χ2v) is 5.64. The van der Waals surface area contributed by atoms with Crippen LogP contribution < -0.4 is 5.56 Å². The summed E-state index contributed by atoms with van der Waals surface area (Å²) in [7, 11) is 0. The van der Waals surface area contributed by atoms with Gasteiger partial charge in [-0.1, -0.05) is 65.7 Å². The van der Waals surface area contributed by atoms with Crippen LogP contribution in [-0.2, 0) is 6.54 Å². The number of halogens is 2. The molecule has 0 spiro atoms. The first-order valence-electron chi connectivity index (χ1n) is 6.71. The third kappa shape index (κ3) is 3.06. The Bertz CT molecular complexity index is 902. The summed E-state index contributed by atoms with van der Waals surface area (Å²) in [5, 5.41) is 1.23. The van der Waals surface area contributed by atoms with Crippen LogP contribution >= 0.6 is 23.2 Å². The summed E-state index contributed by atoms with van der Waals surface area (Å²) in [6.07, 6.45) is 5.37. The molecular weight excluding hydrogens is 319 g/mol. The molecule has 0 fully saturated rings. The summed E-state index contributed by atoms with van der Waals surface area (Å²) >= 11 is 12.0. The van der Waals surface area contributed by atoms with E-state index < -0.39 is 0 Å². The third-order valence-electron chi connectivity index (χ3n) is 3.26. The monoisotopic (exact) mass is 330 g/mol. The van der Waals surface area contributed by atoms with Gasteiger partial charge in [-0.2, -0.15) is 0 Å². The molecule has 0 saturated carbocycles. The van der Waals surface area contributed by atoms with Gasteiger partial charge in [-0.25, -0.2) is 4.98 Å². The zero-order valence-corrected chi connectivity index (χ0v) is 13.1. The van der Waals surface area contributed by atoms with Gasteiger partial charge >= 0.3 is 0 Å². The SMILES string of the molecule is O=c1c2cc(Cl)cc(Cl)c2ncn1C/C=C/c1ccccc1. The van der Waals surface area contributed by atoms with Crippen molar-refractivity contribution >= 4 is 40.2 Å². The maximum absolute atomic E-state index is 12.4. The quantitative estimate of drug-likeness (QED) is 0.712. The van der Waals surface area contributed by atoms with E-state index in [2.05, 4.69) is 4.98 Å². The lowest BCUT2D eigenvalue weighted by molar-refractivity contribution is 0.769. The molecule has 22 heavy (non-hydrogen) atoms. The Labute approximate surface area is 137 Å². The minimum Gasteiger partial charge on any atom is -0.295 e. The number of allylic oxidation sites excluding steroid dienone is 1. The molecule has 3 nitrogen and oxygen atoms in total. The maximum Gasteiger partial charge on any atom is 0.261 e. The van der Waals surface area contributed by atoms with Crippen molar-refractivity contribution in [1.29, 1.82) is 0 Å². The second-order valence-electron chi connectivity index (χ2n) is 4.80. The van der Waals surface area contributed by atoms with Gasteiger partial charge in [0, 0.05) is 11.6 Å². The molecule has 0 amide bonds. The zero-order chi connectivity index (χ0) is 15.5. The van der Waals surface area contributed by atoms with Crippen molar-refractivity contribution in [3.63, 3.8) is 0 Å². The van der Waals surface area contributed by atoms with E-state index in [0.29, 0.717) is 27.5 Å². The highest BCUT2D eigenvalue weighted by Gasteiger charge is 2.08. The van der Waals surface area contributed by atoms with Crippen LogP contribution in [0.2, 0.25) is 10.0 Å². The lowest BCUT2D eigenvalue weighted by Crippen LogP contribution is -2.20. The molecule has 1 aromatic heterocycles. The first-order valence-corrected chi connectivity index (χ1v) is 7.46. The van der Waals surface area contributed by atoms with Crippen LogP contribution in [0.15, 0.2) is 59.7 Å². The zero-order valence-electron chi connectivity index (χ0n) is 11.5. The Morgan fingerprint density at radius 3 is 2.68 bits per heavy atom. The molecule has 0 aliphatic heterocycles. The molecule has 0 aliphatic rings. The van der Waals surface area contributed by atoms with Crippen molar-refractivity contribution in [2.75, 3.05) is 0 Å². The molecular formula is C17H12Cl2N2O. The van der Waals surface area contributed by atoms with Gasteiger partial charge in [-0.3, -0.25) is 9.36 Å². The van der Waals surface area contributed by atoms with Crippen molar-refractivity contribution in [3.05, 3.63) is 80.8 Å². The van der Waals surface area contributed by atoms with Crippen molar-refractivity contribution in [2.24, 2.45) is 0 Å². The molecule has 5 heteroatoms. The van der Waals surface area contributed by atoms with E-state index in [4.69, 9.17) is 23.2 Å². The Morgan fingerprint density at radius 2 is 1.91 bits per heavy atom. The van der Waals surface area contributed by atoms with E-state index in [-0.39, 0.29) is 5.56 Å². The van der Waals surface area contributed by atoms with E-state index in [9.17, 15) is 4.79 Å². The van der Waals surface area contributed by atoms with E-state index in [1.165, 1.54) is 10.9 Å². The van der Waals surface area contributed by atoms with Crippen molar-refractivity contribution in [1.82, 2.24) is 9.55 Å². The standard InChI is InChI=1S/C17H12Cl2N2O/c18-13-9-14-16(15(19)10-13)20-11-21(17(14)22)8-4-7-12-5-2-1-3-6-12/h1-7,9-11H,8H2/b7-4+. The van der Waals surface area contributed by atoms with Gasteiger partial charge in [0.05, 0.1) is 22.3 Å². The van der Waals surface area contributed by atoms with E-state index in [1.54, 1.807) is 12.1 Å². The molecule has 3 rings (SSSR count). The molecule has 2 aromatic carbocycles.